The molecule has 0 saturated carbocycles. The number of ether oxygens (including phenoxy) is 2. The van der Waals surface area contributed by atoms with E-state index in [4.69, 9.17) is 9.47 Å². The van der Waals surface area contributed by atoms with E-state index in [0.717, 1.165) is 19.6 Å². The Hall–Kier alpha value is -1.68. The maximum Gasteiger partial charge on any atom is 0.247 e. The minimum atomic E-state index is -3.86. The molecule has 1 saturated heterocycles. The maximum atomic E-state index is 13.5. The Labute approximate surface area is 173 Å². The van der Waals surface area contributed by atoms with Crippen LogP contribution >= 0.6 is 0 Å². The number of hydrogen-bond acceptors (Lipinski definition) is 6. The van der Waals surface area contributed by atoms with E-state index in [0.29, 0.717) is 31.8 Å². The summed E-state index contributed by atoms with van der Waals surface area (Å²) in [5.41, 5.74) is 0. The fourth-order valence-corrected chi connectivity index (χ4v) is 5.60. The van der Waals surface area contributed by atoms with Crippen LogP contribution < -0.4 is 4.74 Å². The zero-order valence-electron chi connectivity index (χ0n) is 17.4. The SMILES string of the molecule is CCOCCN1CC[C@@H]2[C@@H](CC1)Oc1ccccc1S(=O)(=O)N2CC(=O)N(C)C. The first kappa shape index (κ1) is 22.0. The zero-order valence-corrected chi connectivity index (χ0v) is 18.2. The summed E-state index contributed by atoms with van der Waals surface area (Å²) in [4.78, 5) is 16.3. The first-order chi connectivity index (χ1) is 13.8. The summed E-state index contributed by atoms with van der Waals surface area (Å²) in [6, 6.07) is 6.31. The Morgan fingerprint density at radius 2 is 1.97 bits per heavy atom. The first-order valence-corrected chi connectivity index (χ1v) is 11.6. The summed E-state index contributed by atoms with van der Waals surface area (Å²) < 4.78 is 40.0. The number of fused-ring (bicyclic) bond motifs is 2. The number of nitrogens with zero attached hydrogens (tertiary/aromatic N) is 3. The predicted molar refractivity (Wildman–Crippen MR) is 109 cm³/mol. The van der Waals surface area contributed by atoms with Crippen LogP contribution in [-0.4, -0.2) is 94.1 Å². The Bertz CT molecular complexity index is 814. The summed E-state index contributed by atoms with van der Waals surface area (Å²) in [5.74, 6) is 0.120. The molecule has 1 aromatic carbocycles. The fraction of sp³-hybridized carbons (Fsp3) is 0.650. The quantitative estimate of drug-likeness (QED) is 0.634. The summed E-state index contributed by atoms with van der Waals surface area (Å²) in [7, 11) is -0.583. The van der Waals surface area contributed by atoms with Gasteiger partial charge in [0.25, 0.3) is 0 Å². The Balaban J connectivity index is 1.92. The number of para-hydroxylation sites is 1. The van der Waals surface area contributed by atoms with Gasteiger partial charge in [-0.05, 0) is 38.4 Å². The van der Waals surface area contributed by atoms with E-state index in [1.54, 1.807) is 38.4 Å². The van der Waals surface area contributed by atoms with Crippen molar-refractivity contribution in [3.05, 3.63) is 24.3 Å². The second-order valence-electron chi connectivity index (χ2n) is 7.62. The molecule has 3 rings (SSSR count). The highest BCUT2D eigenvalue weighted by atomic mass is 32.2. The molecule has 2 heterocycles. The van der Waals surface area contributed by atoms with Crippen molar-refractivity contribution in [2.45, 2.75) is 36.8 Å². The molecular formula is C20H31N3O5S. The fourth-order valence-electron chi connectivity index (χ4n) is 3.85. The van der Waals surface area contributed by atoms with Crippen molar-refractivity contribution >= 4 is 15.9 Å². The van der Waals surface area contributed by atoms with Crippen LogP contribution in [0.4, 0.5) is 0 Å². The second-order valence-corrected chi connectivity index (χ2v) is 9.48. The van der Waals surface area contributed by atoms with Gasteiger partial charge in [-0.15, -0.1) is 0 Å². The lowest BCUT2D eigenvalue weighted by molar-refractivity contribution is -0.129. The molecule has 8 nitrogen and oxygen atoms in total. The molecule has 9 heteroatoms. The minimum Gasteiger partial charge on any atom is -0.487 e. The maximum absolute atomic E-state index is 13.5. The Morgan fingerprint density at radius 3 is 2.69 bits per heavy atom. The van der Waals surface area contributed by atoms with Crippen molar-refractivity contribution < 1.29 is 22.7 Å². The van der Waals surface area contributed by atoms with Crippen molar-refractivity contribution in [1.29, 1.82) is 0 Å². The van der Waals surface area contributed by atoms with Gasteiger partial charge in [0.15, 0.2) is 0 Å². The number of amides is 1. The second kappa shape index (κ2) is 9.42. The number of likely N-dealkylation sites (tertiary alicyclic amines) is 1. The van der Waals surface area contributed by atoms with E-state index in [9.17, 15) is 13.2 Å². The first-order valence-electron chi connectivity index (χ1n) is 10.1. The van der Waals surface area contributed by atoms with Crippen molar-refractivity contribution in [3.8, 4) is 5.75 Å². The molecule has 0 N–H and O–H groups in total. The van der Waals surface area contributed by atoms with Gasteiger partial charge in [0.1, 0.15) is 16.7 Å². The van der Waals surface area contributed by atoms with Crippen LogP contribution in [-0.2, 0) is 19.6 Å². The van der Waals surface area contributed by atoms with Gasteiger partial charge in [-0.3, -0.25) is 4.79 Å². The van der Waals surface area contributed by atoms with Gasteiger partial charge in [-0.2, -0.15) is 4.31 Å². The van der Waals surface area contributed by atoms with Crippen LogP contribution in [0.25, 0.3) is 0 Å². The van der Waals surface area contributed by atoms with Gasteiger partial charge in [-0.25, -0.2) is 8.42 Å². The molecule has 0 radical (unpaired) electrons. The molecule has 2 atom stereocenters. The number of sulfonamides is 1. The summed E-state index contributed by atoms with van der Waals surface area (Å²) in [6.07, 6.45) is 0.985. The molecule has 1 amide bonds. The lowest BCUT2D eigenvalue weighted by Crippen LogP contribution is -2.50. The highest BCUT2D eigenvalue weighted by Gasteiger charge is 2.44. The van der Waals surface area contributed by atoms with E-state index in [-0.39, 0.29) is 23.5 Å². The molecule has 1 fully saturated rings. The third kappa shape index (κ3) is 4.91. The molecule has 29 heavy (non-hydrogen) atoms. The topological polar surface area (TPSA) is 79.4 Å². The molecule has 2 aliphatic rings. The summed E-state index contributed by atoms with van der Waals surface area (Å²) in [5, 5.41) is 0. The van der Waals surface area contributed by atoms with Gasteiger partial charge in [-0.1, -0.05) is 12.1 Å². The Morgan fingerprint density at radius 1 is 1.24 bits per heavy atom. The van der Waals surface area contributed by atoms with Gasteiger partial charge in [0, 0.05) is 33.8 Å². The number of rotatable bonds is 6. The largest absolute Gasteiger partial charge is 0.487 e. The van der Waals surface area contributed by atoms with Crippen LogP contribution in [0.15, 0.2) is 29.2 Å². The third-order valence-corrected chi connectivity index (χ3v) is 7.44. The molecular weight excluding hydrogens is 394 g/mol. The average Bonchev–Trinajstić information content (AvgIpc) is 2.92. The standard InChI is InChI=1S/C20H31N3O5S/c1-4-27-14-13-22-11-9-16-17(10-12-22)28-18-7-5-6-8-19(18)29(25,26)23(16)15-20(24)21(2)3/h5-8,16-17H,4,9-15H2,1-3H3/t16-,17-/m1/s1. The monoisotopic (exact) mass is 425 g/mol. The van der Waals surface area contributed by atoms with Crippen LogP contribution in [0.2, 0.25) is 0 Å². The minimum absolute atomic E-state index is 0.132. The van der Waals surface area contributed by atoms with Crippen molar-refractivity contribution in [2.24, 2.45) is 0 Å². The highest BCUT2D eigenvalue weighted by Crippen LogP contribution is 2.36. The molecule has 0 unspecified atom stereocenters. The zero-order chi connectivity index (χ0) is 21.0. The highest BCUT2D eigenvalue weighted by molar-refractivity contribution is 7.89. The molecule has 162 valence electrons. The van der Waals surface area contributed by atoms with Gasteiger partial charge in [0.2, 0.25) is 15.9 Å². The van der Waals surface area contributed by atoms with Gasteiger partial charge >= 0.3 is 0 Å². The molecule has 0 aliphatic carbocycles. The molecule has 0 aromatic heterocycles. The van der Waals surface area contributed by atoms with E-state index >= 15 is 0 Å². The van der Waals surface area contributed by atoms with Gasteiger partial charge in [0.05, 0.1) is 19.2 Å². The van der Waals surface area contributed by atoms with Crippen molar-refractivity contribution in [1.82, 2.24) is 14.1 Å². The third-order valence-electron chi connectivity index (χ3n) is 5.53. The normalized spacial score (nSPS) is 24.5. The van der Waals surface area contributed by atoms with Crippen LogP contribution in [0.3, 0.4) is 0 Å². The number of likely N-dealkylation sites (N-methyl/N-ethyl adjacent to an activating group) is 1. The number of hydrogen-bond donors (Lipinski definition) is 0. The number of benzene rings is 1. The molecule has 0 bridgehead atoms. The van der Waals surface area contributed by atoms with Crippen molar-refractivity contribution in [3.63, 3.8) is 0 Å². The van der Waals surface area contributed by atoms with E-state index in [1.807, 2.05) is 6.92 Å². The van der Waals surface area contributed by atoms with Gasteiger partial charge < -0.3 is 19.3 Å². The van der Waals surface area contributed by atoms with E-state index < -0.39 is 16.1 Å². The van der Waals surface area contributed by atoms with Crippen LogP contribution in [0.5, 0.6) is 5.75 Å². The number of carbonyl (C=O) groups is 1. The van der Waals surface area contributed by atoms with Crippen molar-refractivity contribution in [2.75, 3.05) is 53.5 Å². The van der Waals surface area contributed by atoms with E-state index in [2.05, 4.69) is 4.90 Å². The van der Waals surface area contributed by atoms with Crippen LogP contribution in [0, 0.1) is 0 Å². The average molecular weight is 426 g/mol. The lowest BCUT2D eigenvalue weighted by Gasteiger charge is -2.32. The summed E-state index contributed by atoms with van der Waals surface area (Å²) >= 11 is 0. The number of carbonyl (C=O) groups excluding carboxylic acids is 1. The predicted octanol–water partition coefficient (Wildman–Crippen LogP) is 1.03. The van der Waals surface area contributed by atoms with Crippen LogP contribution in [0.1, 0.15) is 19.8 Å². The molecule has 2 aliphatic heterocycles. The lowest BCUT2D eigenvalue weighted by atomic mass is 10.1. The smallest absolute Gasteiger partial charge is 0.247 e. The molecule has 1 aromatic rings. The molecule has 0 spiro atoms. The Kier molecular flexibility index (Phi) is 7.15. The summed E-state index contributed by atoms with van der Waals surface area (Å²) in [6.45, 7) is 5.44. The van der Waals surface area contributed by atoms with E-state index in [1.165, 1.54) is 9.21 Å².